The van der Waals surface area contributed by atoms with Crippen molar-refractivity contribution in [1.82, 2.24) is 0 Å². The third-order valence-corrected chi connectivity index (χ3v) is 1.54. The molecule has 9 heteroatoms. The van der Waals surface area contributed by atoms with E-state index >= 15 is 0 Å². The van der Waals surface area contributed by atoms with E-state index < -0.39 is 13.9 Å². The molecule has 6 N–H and O–H groups in total. The van der Waals surface area contributed by atoms with Gasteiger partial charge in [-0.25, -0.2) is 9.36 Å². The number of phosphoric ester groups is 1. The van der Waals surface area contributed by atoms with Gasteiger partial charge in [-0.2, -0.15) is 0 Å². The summed E-state index contributed by atoms with van der Waals surface area (Å²) >= 11 is 0. The minimum absolute atomic E-state index is 0.0772. The Labute approximate surface area is 88.6 Å². The largest absolute Gasteiger partial charge is 0.469 e. The minimum Gasteiger partial charge on any atom is -0.352 e. The maximum atomic E-state index is 10.2. The summed E-state index contributed by atoms with van der Waals surface area (Å²) in [4.78, 5) is 25.6. The Morgan fingerprint density at radius 2 is 1.67 bits per heavy atom. The third-order valence-electron chi connectivity index (χ3n) is 1.02. The summed E-state index contributed by atoms with van der Waals surface area (Å²) in [7, 11) is 1.50. The van der Waals surface area contributed by atoms with Gasteiger partial charge in [0.1, 0.15) is 13.2 Å². The molecule has 8 nitrogen and oxygen atoms in total. The van der Waals surface area contributed by atoms with Crippen molar-refractivity contribution in [2.24, 2.45) is 11.5 Å². The Morgan fingerprint density at radius 1 is 1.33 bits per heavy atom. The van der Waals surface area contributed by atoms with Crippen molar-refractivity contribution in [2.75, 3.05) is 34.3 Å². The molecule has 0 aliphatic rings. The van der Waals surface area contributed by atoms with Crippen LogP contribution in [0, 0.1) is 0 Å². The van der Waals surface area contributed by atoms with E-state index in [1.54, 1.807) is 0 Å². The molecule has 0 radical (unpaired) electrons. The molecule has 0 saturated carbocycles. The SMILES string of the molecule is C[N+](C)(C)CCOP(=O)(O)O.NC(N)=O. The highest BCUT2D eigenvalue weighted by Gasteiger charge is 2.15. The average Bonchev–Trinajstić information content (AvgIpc) is 1.77. The first-order valence-corrected chi connectivity index (χ1v) is 5.52. The lowest BCUT2D eigenvalue weighted by molar-refractivity contribution is -0.870. The Hall–Kier alpha value is -0.660. The maximum Gasteiger partial charge on any atom is 0.469 e. The Bertz CT molecular complexity index is 229. The van der Waals surface area contributed by atoms with Crippen molar-refractivity contribution in [1.29, 1.82) is 0 Å². The fourth-order valence-corrected chi connectivity index (χ4v) is 0.753. The van der Waals surface area contributed by atoms with Crippen LogP contribution in [0.1, 0.15) is 0 Å². The maximum absolute atomic E-state index is 10.2. The van der Waals surface area contributed by atoms with E-state index in [1.807, 2.05) is 21.1 Å². The molecule has 0 aromatic carbocycles. The second kappa shape index (κ2) is 6.76. The summed E-state index contributed by atoms with van der Waals surface area (Å²) < 4.78 is 15.1. The first-order valence-electron chi connectivity index (χ1n) is 3.99. The monoisotopic (exact) mass is 244 g/mol. The predicted molar refractivity (Wildman–Crippen MR) is 54.7 cm³/mol. The van der Waals surface area contributed by atoms with Crippen LogP contribution in [-0.2, 0) is 9.09 Å². The third kappa shape index (κ3) is 31.8. The number of rotatable bonds is 4. The molecule has 0 aromatic heterocycles. The number of nitrogens with zero attached hydrogens (tertiary/aromatic N) is 1. The molecule has 92 valence electrons. The van der Waals surface area contributed by atoms with Crippen molar-refractivity contribution >= 4 is 13.9 Å². The predicted octanol–water partition coefficient (Wildman–Crippen LogP) is -1.17. The number of primary amides is 2. The molecule has 0 aliphatic carbocycles. The van der Waals surface area contributed by atoms with Crippen LogP contribution in [0.2, 0.25) is 0 Å². The van der Waals surface area contributed by atoms with E-state index in [1.165, 1.54) is 0 Å². The van der Waals surface area contributed by atoms with Crippen LogP contribution in [0.3, 0.4) is 0 Å². The molecule has 0 saturated heterocycles. The summed E-state index contributed by atoms with van der Waals surface area (Å²) in [5.74, 6) is 0. The standard InChI is InChI=1S/C5H14NO4P.CH4N2O/c1-6(2,3)4-5-10-11(7,8)9;2-1(3)4/h4-5H2,1-3H3,(H-,7,8,9);(H4,2,3,4)/p+1. The lowest BCUT2D eigenvalue weighted by Crippen LogP contribution is -2.37. The van der Waals surface area contributed by atoms with Crippen LogP contribution in [0.4, 0.5) is 4.79 Å². The smallest absolute Gasteiger partial charge is 0.352 e. The molecule has 2 amide bonds. The Kier molecular flexibility index (Phi) is 7.55. The lowest BCUT2D eigenvalue weighted by Gasteiger charge is -2.23. The quantitative estimate of drug-likeness (QED) is 0.364. The highest BCUT2D eigenvalue weighted by molar-refractivity contribution is 7.46. The molecular weight excluding hydrogens is 225 g/mol. The second-order valence-corrected chi connectivity index (χ2v) is 4.98. The van der Waals surface area contributed by atoms with Gasteiger partial charge in [-0.1, -0.05) is 0 Å². The number of likely N-dealkylation sites (N-methyl/N-ethyl adjacent to an activating group) is 1. The summed E-state index contributed by atoms with van der Waals surface area (Å²) in [6, 6.07) is -0.833. The molecule has 0 aromatic rings. The highest BCUT2D eigenvalue weighted by atomic mass is 31.2. The van der Waals surface area contributed by atoms with Crippen LogP contribution in [-0.4, -0.2) is 54.6 Å². The van der Waals surface area contributed by atoms with Crippen LogP contribution >= 0.6 is 7.82 Å². The zero-order valence-electron chi connectivity index (χ0n) is 9.08. The number of quaternary nitrogens is 1. The van der Waals surface area contributed by atoms with E-state index in [9.17, 15) is 4.57 Å². The molecule has 0 atom stereocenters. The number of urea groups is 1. The van der Waals surface area contributed by atoms with E-state index in [0.717, 1.165) is 0 Å². The van der Waals surface area contributed by atoms with Gasteiger partial charge in [0.25, 0.3) is 0 Å². The van der Waals surface area contributed by atoms with Crippen LogP contribution in [0.15, 0.2) is 0 Å². The van der Waals surface area contributed by atoms with Gasteiger partial charge in [0.05, 0.1) is 21.1 Å². The van der Waals surface area contributed by atoms with Crippen molar-refractivity contribution in [2.45, 2.75) is 0 Å². The number of carbonyl (C=O) groups excluding carboxylic acids is 1. The molecule has 0 spiro atoms. The van der Waals surface area contributed by atoms with Gasteiger partial charge in [0.15, 0.2) is 0 Å². The Balaban J connectivity index is 0. The zero-order chi connectivity index (χ0) is 12.7. The van der Waals surface area contributed by atoms with Gasteiger partial charge in [0, 0.05) is 0 Å². The minimum atomic E-state index is -4.26. The summed E-state index contributed by atoms with van der Waals surface area (Å²) in [6.45, 7) is 0.652. The average molecular weight is 244 g/mol. The van der Waals surface area contributed by atoms with E-state index in [-0.39, 0.29) is 6.61 Å². The van der Waals surface area contributed by atoms with Crippen molar-refractivity contribution in [3.05, 3.63) is 0 Å². The van der Waals surface area contributed by atoms with E-state index in [2.05, 4.69) is 16.0 Å². The fraction of sp³-hybridized carbons (Fsp3) is 0.833. The molecule has 15 heavy (non-hydrogen) atoms. The normalized spacial score (nSPS) is 11.5. The highest BCUT2D eigenvalue weighted by Crippen LogP contribution is 2.35. The molecule has 0 heterocycles. The van der Waals surface area contributed by atoms with Crippen LogP contribution < -0.4 is 11.5 Å². The van der Waals surface area contributed by atoms with Gasteiger partial charge in [-0.3, -0.25) is 4.52 Å². The number of amides is 2. The van der Waals surface area contributed by atoms with Gasteiger partial charge in [-0.15, -0.1) is 0 Å². The number of carbonyl (C=O) groups is 1. The van der Waals surface area contributed by atoms with Crippen LogP contribution in [0.25, 0.3) is 0 Å². The van der Waals surface area contributed by atoms with E-state index in [0.29, 0.717) is 11.0 Å². The van der Waals surface area contributed by atoms with Gasteiger partial charge in [-0.05, 0) is 0 Å². The topological polar surface area (TPSA) is 136 Å². The number of hydrogen-bond acceptors (Lipinski definition) is 3. The molecule has 0 bridgehead atoms. The molecular formula is C6H19N3O5P+. The number of phosphoric acid groups is 1. The summed E-state index contributed by atoms with van der Waals surface area (Å²) in [5, 5.41) is 0. The first kappa shape index (κ1) is 16.8. The molecule has 0 aliphatic heterocycles. The van der Waals surface area contributed by atoms with Gasteiger partial charge < -0.3 is 25.7 Å². The Morgan fingerprint density at radius 3 is 1.87 bits per heavy atom. The van der Waals surface area contributed by atoms with Crippen molar-refractivity contribution in [3.63, 3.8) is 0 Å². The number of hydrogen-bond donors (Lipinski definition) is 4. The van der Waals surface area contributed by atoms with Gasteiger partial charge in [0.2, 0.25) is 0 Å². The van der Waals surface area contributed by atoms with Crippen LogP contribution in [0.5, 0.6) is 0 Å². The molecule has 0 rings (SSSR count). The summed E-state index contributed by atoms with van der Waals surface area (Å²) in [6.07, 6.45) is 0. The lowest BCUT2D eigenvalue weighted by atomic mass is 10.5. The van der Waals surface area contributed by atoms with Gasteiger partial charge >= 0.3 is 13.9 Å². The van der Waals surface area contributed by atoms with E-state index in [4.69, 9.17) is 14.6 Å². The first-order chi connectivity index (χ1) is 6.44. The molecule has 0 unspecified atom stereocenters. The summed E-state index contributed by atoms with van der Waals surface area (Å²) in [5.41, 5.74) is 8.50. The number of nitrogens with two attached hydrogens (primary N) is 2. The fourth-order valence-electron chi connectivity index (χ4n) is 0.434. The second-order valence-electron chi connectivity index (χ2n) is 3.74. The van der Waals surface area contributed by atoms with Crippen molar-refractivity contribution < 1.29 is 28.2 Å². The zero-order valence-corrected chi connectivity index (χ0v) is 9.98. The molecule has 0 fully saturated rings. The van der Waals surface area contributed by atoms with Crippen molar-refractivity contribution in [3.8, 4) is 0 Å².